The molecule has 110 valence electrons. The molecule has 7 heteroatoms. The fourth-order valence-electron chi connectivity index (χ4n) is 1.68. The fourth-order valence-corrected chi connectivity index (χ4v) is 2.91. The third-order valence-corrected chi connectivity index (χ3v) is 4.19. The van der Waals surface area contributed by atoms with Crippen LogP contribution >= 0.6 is 11.6 Å². The topological polar surface area (TPSA) is 75.3 Å². The molecule has 0 heterocycles. The molecule has 2 aromatic rings. The molecule has 0 spiro atoms. The number of hydrogen-bond donors (Lipinski definition) is 2. The Morgan fingerprint density at radius 1 is 1.05 bits per heavy atom. The standard InChI is InChI=1S/C14H13ClN2O3S/c1-10(18)16-13-3-2-4-14(9-13)21(19,20)17-12-7-5-11(15)6-8-12/h2-9,17H,1H3,(H,16,18). The largest absolute Gasteiger partial charge is 0.326 e. The molecule has 0 fully saturated rings. The zero-order valence-electron chi connectivity index (χ0n) is 11.1. The van der Waals surface area contributed by atoms with E-state index in [1.165, 1.54) is 19.1 Å². The van der Waals surface area contributed by atoms with Gasteiger partial charge >= 0.3 is 0 Å². The van der Waals surface area contributed by atoms with Crippen LogP contribution in [0.5, 0.6) is 0 Å². The summed E-state index contributed by atoms with van der Waals surface area (Å²) in [6.45, 7) is 1.35. The van der Waals surface area contributed by atoms with Gasteiger partial charge in [-0.3, -0.25) is 9.52 Å². The Bertz CT molecular complexity index is 758. The van der Waals surface area contributed by atoms with Gasteiger partial charge in [0.05, 0.1) is 4.90 Å². The first-order valence-electron chi connectivity index (χ1n) is 6.03. The molecule has 0 aliphatic heterocycles. The molecule has 0 saturated carbocycles. The van der Waals surface area contributed by atoms with E-state index in [4.69, 9.17) is 11.6 Å². The molecule has 0 saturated heterocycles. The summed E-state index contributed by atoms with van der Waals surface area (Å²) in [6.07, 6.45) is 0. The van der Waals surface area contributed by atoms with Crippen molar-refractivity contribution in [3.63, 3.8) is 0 Å². The van der Waals surface area contributed by atoms with Gasteiger partial charge in [0, 0.05) is 23.3 Å². The number of sulfonamides is 1. The molecule has 1 amide bonds. The van der Waals surface area contributed by atoms with Gasteiger partial charge in [-0.05, 0) is 42.5 Å². The van der Waals surface area contributed by atoms with E-state index >= 15 is 0 Å². The molecular weight excluding hydrogens is 312 g/mol. The molecule has 5 nitrogen and oxygen atoms in total. The van der Waals surface area contributed by atoms with Crippen molar-refractivity contribution in [2.75, 3.05) is 10.0 Å². The molecule has 0 bridgehead atoms. The van der Waals surface area contributed by atoms with Gasteiger partial charge in [0.15, 0.2) is 0 Å². The van der Waals surface area contributed by atoms with Crippen molar-refractivity contribution in [1.29, 1.82) is 0 Å². The van der Waals surface area contributed by atoms with Crippen LogP contribution < -0.4 is 10.0 Å². The predicted molar refractivity (Wildman–Crippen MR) is 83.0 cm³/mol. The minimum Gasteiger partial charge on any atom is -0.326 e. The number of rotatable bonds is 4. The molecule has 0 aromatic heterocycles. The third kappa shape index (κ3) is 4.21. The second-order valence-electron chi connectivity index (χ2n) is 4.32. The van der Waals surface area contributed by atoms with Gasteiger partial charge in [-0.1, -0.05) is 17.7 Å². The van der Waals surface area contributed by atoms with E-state index in [0.29, 0.717) is 16.4 Å². The Morgan fingerprint density at radius 2 is 1.71 bits per heavy atom. The van der Waals surface area contributed by atoms with E-state index < -0.39 is 10.0 Å². The van der Waals surface area contributed by atoms with Crippen molar-refractivity contribution in [2.45, 2.75) is 11.8 Å². The first-order chi connectivity index (χ1) is 9.87. The molecule has 0 unspecified atom stereocenters. The molecule has 0 aliphatic carbocycles. The quantitative estimate of drug-likeness (QED) is 0.907. The van der Waals surface area contributed by atoms with Gasteiger partial charge < -0.3 is 5.32 Å². The summed E-state index contributed by atoms with van der Waals surface area (Å²) < 4.78 is 27.0. The number of carbonyl (C=O) groups is 1. The Morgan fingerprint density at radius 3 is 2.33 bits per heavy atom. The van der Waals surface area contributed by atoms with Gasteiger partial charge in [0.1, 0.15) is 0 Å². The van der Waals surface area contributed by atoms with Crippen molar-refractivity contribution in [3.05, 3.63) is 53.6 Å². The van der Waals surface area contributed by atoms with Gasteiger partial charge in [-0.2, -0.15) is 0 Å². The Labute approximate surface area is 128 Å². The molecule has 0 aliphatic rings. The van der Waals surface area contributed by atoms with Crippen molar-refractivity contribution in [3.8, 4) is 0 Å². The van der Waals surface area contributed by atoms with Crippen molar-refractivity contribution in [1.82, 2.24) is 0 Å². The van der Waals surface area contributed by atoms with Gasteiger partial charge in [-0.25, -0.2) is 8.42 Å². The van der Waals surface area contributed by atoms with Crippen LogP contribution in [0.25, 0.3) is 0 Å². The highest BCUT2D eigenvalue weighted by Crippen LogP contribution is 2.20. The van der Waals surface area contributed by atoms with E-state index in [1.54, 1.807) is 36.4 Å². The summed E-state index contributed by atoms with van der Waals surface area (Å²) in [5.41, 5.74) is 0.825. The Balaban J connectivity index is 2.26. The number of carbonyl (C=O) groups excluding carboxylic acids is 1. The smallest absolute Gasteiger partial charge is 0.261 e. The zero-order valence-corrected chi connectivity index (χ0v) is 12.7. The second kappa shape index (κ2) is 6.15. The lowest BCUT2D eigenvalue weighted by molar-refractivity contribution is -0.114. The lowest BCUT2D eigenvalue weighted by atomic mass is 10.3. The molecule has 2 rings (SSSR count). The number of hydrogen-bond acceptors (Lipinski definition) is 3. The molecule has 0 radical (unpaired) electrons. The number of nitrogens with one attached hydrogen (secondary N) is 2. The van der Waals surface area contributed by atoms with Crippen LogP contribution in [0.15, 0.2) is 53.4 Å². The van der Waals surface area contributed by atoms with E-state index in [1.807, 2.05) is 0 Å². The lowest BCUT2D eigenvalue weighted by Gasteiger charge is -2.09. The number of benzene rings is 2. The van der Waals surface area contributed by atoms with E-state index in [-0.39, 0.29) is 10.8 Å². The van der Waals surface area contributed by atoms with Gasteiger partial charge in [-0.15, -0.1) is 0 Å². The summed E-state index contributed by atoms with van der Waals surface area (Å²) in [4.78, 5) is 11.1. The highest BCUT2D eigenvalue weighted by atomic mass is 35.5. The minimum atomic E-state index is -3.73. The zero-order chi connectivity index (χ0) is 15.5. The predicted octanol–water partition coefficient (Wildman–Crippen LogP) is 3.10. The first-order valence-corrected chi connectivity index (χ1v) is 7.89. The Kier molecular flexibility index (Phi) is 4.50. The van der Waals surface area contributed by atoms with Crippen LogP contribution in [0, 0.1) is 0 Å². The molecule has 2 N–H and O–H groups in total. The minimum absolute atomic E-state index is 0.0590. The number of amides is 1. The van der Waals surface area contributed by atoms with Crippen LogP contribution in [0.4, 0.5) is 11.4 Å². The molecule has 21 heavy (non-hydrogen) atoms. The second-order valence-corrected chi connectivity index (χ2v) is 6.44. The van der Waals surface area contributed by atoms with Gasteiger partial charge in [0.2, 0.25) is 5.91 Å². The summed E-state index contributed by atoms with van der Waals surface area (Å²) in [7, 11) is -3.73. The van der Waals surface area contributed by atoms with Crippen molar-refractivity contribution >= 4 is 38.9 Å². The molecular formula is C14H13ClN2O3S. The van der Waals surface area contributed by atoms with E-state index in [0.717, 1.165) is 0 Å². The lowest BCUT2D eigenvalue weighted by Crippen LogP contribution is -2.13. The summed E-state index contributed by atoms with van der Waals surface area (Å²) in [5.74, 6) is -0.268. The van der Waals surface area contributed by atoms with Crippen LogP contribution in [0.1, 0.15) is 6.92 Å². The van der Waals surface area contributed by atoms with Crippen LogP contribution in [-0.4, -0.2) is 14.3 Å². The van der Waals surface area contributed by atoms with Crippen LogP contribution in [0.2, 0.25) is 5.02 Å². The third-order valence-electron chi connectivity index (χ3n) is 2.56. The first kappa shape index (κ1) is 15.3. The monoisotopic (exact) mass is 324 g/mol. The van der Waals surface area contributed by atoms with Gasteiger partial charge in [0.25, 0.3) is 10.0 Å². The summed E-state index contributed by atoms with van der Waals surface area (Å²) in [6, 6.07) is 12.3. The molecule has 0 atom stereocenters. The Hall–Kier alpha value is -2.05. The average molecular weight is 325 g/mol. The number of anilines is 2. The van der Waals surface area contributed by atoms with E-state index in [9.17, 15) is 13.2 Å². The van der Waals surface area contributed by atoms with Crippen molar-refractivity contribution < 1.29 is 13.2 Å². The highest BCUT2D eigenvalue weighted by molar-refractivity contribution is 7.92. The van der Waals surface area contributed by atoms with Crippen molar-refractivity contribution in [2.24, 2.45) is 0 Å². The molecule has 2 aromatic carbocycles. The summed E-state index contributed by atoms with van der Waals surface area (Å²) in [5, 5.41) is 3.06. The maximum atomic E-state index is 12.3. The van der Waals surface area contributed by atoms with E-state index in [2.05, 4.69) is 10.0 Å². The normalized spacial score (nSPS) is 11.0. The average Bonchev–Trinajstić information content (AvgIpc) is 2.41. The fraction of sp³-hybridized carbons (Fsp3) is 0.0714. The van der Waals surface area contributed by atoms with Crippen LogP contribution in [-0.2, 0) is 14.8 Å². The van der Waals surface area contributed by atoms with Crippen LogP contribution in [0.3, 0.4) is 0 Å². The maximum absolute atomic E-state index is 12.3. The summed E-state index contributed by atoms with van der Waals surface area (Å²) >= 11 is 5.75. The number of halogens is 1. The highest BCUT2D eigenvalue weighted by Gasteiger charge is 2.14. The SMILES string of the molecule is CC(=O)Nc1cccc(S(=O)(=O)Nc2ccc(Cl)cc2)c1. The maximum Gasteiger partial charge on any atom is 0.261 e.